The third-order valence-corrected chi connectivity index (χ3v) is 6.79. The summed E-state index contributed by atoms with van der Waals surface area (Å²) in [6.45, 7) is 2.33. The molecular formula is C21H21N2P. The third kappa shape index (κ3) is 3.20. The zero-order chi connectivity index (χ0) is 16.2. The van der Waals surface area contributed by atoms with Gasteiger partial charge in [-0.15, -0.1) is 0 Å². The number of hydrogen-bond donors (Lipinski definition) is 0. The van der Waals surface area contributed by atoms with Crippen LogP contribution in [-0.2, 0) is 0 Å². The van der Waals surface area contributed by atoms with E-state index in [1.807, 2.05) is 6.20 Å². The Morgan fingerprint density at radius 2 is 1.33 bits per heavy atom. The lowest BCUT2D eigenvalue weighted by Crippen LogP contribution is -2.25. The molecule has 0 saturated carbocycles. The van der Waals surface area contributed by atoms with Crippen molar-refractivity contribution >= 4 is 29.7 Å². The molecule has 1 fully saturated rings. The molecule has 3 aromatic rings. The van der Waals surface area contributed by atoms with Crippen LogP contribution in [0, 0.1) is 0 Å². The summed E-state index contributed by atoms with van der Waals surface area (Å²) in [5.41, 5.74) is 2.50. The van der Waals surface area contributed by atoms with Gasteiger partial charge in [0.1, 0.15) is 0 Å². The molecule has 2 heterocycles. The number of nitrogens with zero attached hydrogens (tertiary/aromatic N) is 2. The van der Waals surface area contributed by atoms with E-state index in [2.05, 4.69) is 77.7 Å². The third-order valence-electron chi connectivity index (χ3n) is 4.46. The molecule has 2 aromatic carbocycles. The van der Waals surface area contributed by atoms with E-state index in [-0.39, 0.29) is 0 Å². The molecule has 120 valence electrons. The van der Waals surface area contributed by atoms with Crippen molar-refractivity contribution in [3.05, 3.63) is 79.0 Å². The van der Waals surface area contributed by atoms with Gasteiger partial charge in [0.25, 0.3) is 0 Å². The Morgan fingerprint density at radius 3 is 1.92 bits per heavy atom. The molecule has 0 aliphatic carbocycles. The van der Waals surface area contributed by atoms with Gasteiger partial charge in [-0.1, -0.05) is 60.7 Å². The highest BCUT2D eigenvalue weighted by molar-refractivity contribution is 7.79. The Bertz CT molecular complexity index is 744. The van der Waals surface area contributed by atoms with Crippen molar-refractivity contribution in [3.63, 3.8) is 0 Å². The topological polar surface area (TPSA) is 16.1 Å². The fraction of sp³-hybridized carbons (Fsp3) is 0.190. The first-order valence-corrected chi connectivity index (χ1v) is 9.87. The second-order valence-corrected chi connectivity index (χ2v) is 8.23. The first-order valence-electron chi connectivity index (χ1n) is 8.53. The van der Waals surface area contributed by atoms with E-state index in [1.165, 1.54) is 34.6 Å². The van der Waals surface area contributed by atoms with E-state index >= 15 is 0 Å². The molecule has 1 aliphatic rings. The van der Waals surface area contributed by atoms with E-state index < -0.39 is 7.92 Å². The Morgan fingerprint density at radius 1 is 0.750 bits per heavy atom. The Balaban J connectivity index is 1.78. The van der Waals surface area contributed by atoms with E-state index in [0.29, 0.717) is 0 Å². The molecule has 4 rings (SSSR count). The molecule has 2 nitrogen and oxygen atoms in total. The SMILES string of the molecule is c1ccc(P(c2ccccc2)c2cc(N3CCCC3)ccn2)cc1. The second-order valence-electron chi connectivity index (χ2n) is 6.07. The van der Waals surface area contributed by atoms with Crippen LogP contribution in [0.4, 0.5) is 5.69 Å². The van der Waals surface area contributed by atoms with Crippen LogP contribution in [0.5, 0.6) is 0 Å². The molecule has 0 unspecified atom stereocenters. The molecule has 3 heteroatoms. The highest BCUT2D eigenvalue weighted by atomic mass is 31.1. The largest absolute Gasteiger partial charge is 0.371 e. The van der Waals surface area contributed by atoms with Crippen molar-refractivity contribution < 1.29 is 0 Å². The molecule has 24 heavy (non-hydrogen) atoms. The maximum atomic E-state index is 4.77. The molecule has 0 bridgehead atoms. The fourth-order valence-electron chi connectivity index (χ4n) is 3.27. The highest BCUT2D eigenvalue weighted by Gasteiger charge is 2.19. The monoisotopic (exact) mass is 332 g/mol. The van der Waals surface area contributed by atoms with Crippen LogP contribution >= 0.6 is 7.92 Å². The maximum Gasteiger partial charge on any atom is 0.0741 e. The summed E-state index contributed by atoms with van der Waals surface area (Å²) in [5, 5.41) is 2.70. The van der Waals surface area contributed by atoms with Gasteiger partial charge in [0.15, 0.2) is 0 Å². The number of rotatable bonds is 4. The summed E-state index contributed by atoms with van der Waals surface area (Å²) in [5.74, 6) is 0. The zero-order valence-corrected chi connectivity index (χ0v) is 14.6. The molecular weight excluding hydrogens is 311 g/mol. The molecule has 0 N–H and O–H groups in total. The standard InChI is InChI=1S/C21H21N2P/c1-3-9-19(10-4-1)24(20-11-5-2-6-12-20)21-17-18(13-14-22-21)23-15-7-8-16-23/h1-6,9-14,17H,7-8,15-16H2. The van der Waals surface area contributed by atoms with Gasteiger partial charge in [0.05, 0.1) is 5.44 Å². The van der Waals surface area contributed by atoms with E-state index in [0.717, 1.165) is 13.1 Å². The summed E-state index contributed by atoms with van der Waals surface area (Å²) in [6.07, 6.45) is 4.57. The van der Waals surface area contributed by atoms with E-state index in [9.17, 15) is 0 Å². The summed E-state index contributed by atoms with van der Waals surface area (Å²) < 4.78 is 0. The predicted molar refractivity (Wildman–Crippen MR) is 104 cm³/mol. The number of hydrogen-bond acceptors (Lipinski definition) is 2. The second kappa shape index (κ2) is 7.15. The van der Waals surface area contributed by atoms with E-state index in [1.54, 1.807) is 0 Å². The quantitative estimate of drug-likeness (QED) is 0.681. The number of pyridine rings is 1. The number of anilines is 1. The van der Waals surface area contributed by atoms with Crippen LogP contribution in [0.1, 0.15) is 12.8 Å². The highest BCUT2D eigenvalue weighted by Crippen LogP contribution is 2.33. The lowest BCUT2D eigenvalue weighted by atomic mass is 10.3. The van der Waals surface area contributed by atoms with Crippen molar-refractivity contribution in [3.8, 4) is 0 Å². The summed E-state index contributed by atoms with van der Waals surface area (Å²) in [4.78, 5) is 7.25. The van der Waals surface area contributed by atoms with Crippen LogP contribution in [0.3, 0.4) is 0 Å². The van der Waals surface area contributed by atoms with Crippen molar-refractivity contribution in [2.45, 2.75) is 12.8 Å². The van der Waals surface area contributed by atoms with Crippen LogP contribution < -0.4 is 20.9 Å². The van der Waals surface area contributed by atoms with Gasteiger partial charge >= 0.3 is 0 Å². The normalized spacial score (nSPS) is 14.3. The minimum absolute atomic E-state index is 0.614. The van der Waals surface area contributed by atoms with Gasteiger partial charge in [-0.05, 0) is 35.6 Å². The lowest BCUT2D eigenvalue weighted by molar-refractivity contribution is 0.949. The van der Waals surface area contributed by atoms with Gasteiger partial charge in [-0.25, -0.2) is 0 Å². The summed E-state index contributed by atoms with van der Waals surface area (Å²) in [6, 6.07) is 26.0. The van der Waals surface area contributed by atoms with Gasteiger partial charge in [-0.2, -0.15) is 0 Å². The van der Waals surface area contributed by atoms with Gasteiger partial charge in [0.2, 0.25) is 0 Å². The van der Waals surface area contributed by atoms with Crippen LogP contribution in [-0.4, -0.2) is 18.1 Å². The lowest BCUT2D eigenvalue weighted by Gasteiger charge is -2.22. The Hall–Kier alpha value is -2.18. The van der Waals surface area contributed by atoms with Crippen LogP contribution in [0.25, 0.3) is 0 Å². The van der Waals surface area contributed by atoms with Gasteiger partial charge < -0.3 is 4.90 Å². The minimum Gasteiger partial charge on any atom is -0.371 e. The summed E-state index contributed by atoms with van der Waals surface area (Å²) >= 11 is 0. The van der Waals surface area contributed by atoms with Crippen molar-refractivity contribution in [1.82, 2.24) is 4.98 Å². The van der Waals surface area contributed by atoms with Crippen molar-refractivity contribution in [2.75, 3.05) is 18.0 Å². The minimum atomic E-state index is -0.614. The predicted octanol–water partition coefficient (Wildman–Crippen LogP) is 3.44. The van der Waals surface area contributed by atoms with E-state index in [4.69, 9.17) is 4.98 Å². The van der Waals surface area contributed by atoms with Gasteiger partial charge in [0, 0.05) is 32.9 Å². The first-order chi connectivity index (χ1) is 11.9. The summed E-state index contributed by atoms with van der Waals surface area (Å²) in [7, 11) is -0.614. The van der Waals surface area contributed by atoms with Gasteiger partial charge in [-0.3, -0.25) is 4.98 Å². The van der Waals surface area contributed by atoms with Crippen LogP contribution in [0.15, 0.2) is 79.0 Å². The molecule has 1 saturated heterocycles. The van der Waals surface area contributed by atoms with Crippen LogP contribution in [0.2, 0.25) is 0 Å². The molecule has 0 spiro atoms. The molecule has 0 atom stereocenters. The molecule has 0 radical (unpaired) electrons. The maximum absolute atomic E-state index is 4.77. The fourth-order valence-corrected chi connectivity index (χ4v) is 5.48. The number of benzene rings is 2. The molecule has 1 aromatic heterocycles. The van der Waals surface area contributed by atoms with Crippen molar-refractivity contribution in [2.24, 2.45) is 0 Å². The average molecular weight is 332 g/mol. The smallest absolute Gasteiger partial charge is 0.0741 e. The molecule has 0 amide bonds. The Kier molecular flexibility index (Phi) is 4.57. The number of aromatic nitrogens is 1. The van der Waals surface area contributed by atoms with Crippen molar-refractivity contribution in [1.29, 1.82) is 0 Å². The molecule has 1 aliphatic heterocycles. The average Bonchev–Trinajstić information content (AvgIpc) is 3.19. The Labute approximate surface area is 144 Å². The first kappa shape index (κ1) is 15.4. The zero-order valence-electron chi connectivity index (χ0n) is 13.7.